The number of imidazole rings is 1. The number of aliphatic hydroxyl groups excluding tert-OH is 3. The zero-order valence-electron chi connectivity index (χ0n) is 14.8. The summed E-state index contributed by atoms with van der Waals surface area (Å²) in [4.78, 5) is 12.7. The van der Waals surface area contributed by atoms with Crippen molar-refractivity contribution in [2.24, 2.45) is 11.0 Å². The van der Waals surface area contributed by atoms with Crippen LogP contribution in [0.5, 0.6) is 0 Å². The third-order valence-electron chi connectivity index (χ3n) is 5.26. The third-order valence-corrected chi connectivity index (χ3v) is 5.26. The number of fused-ring (bicyclic) bond motifs is 1. The lowest BCUT2D eigenvalue weighted by Crippen LogP contribution is -2.33. The van der Waals surface area contributed by atoms with Crippen LogP contribution in [0.1, 0.15) is 38.3 Å². The lowest BCUT2D eigenvalue weighted by atomic mass is 9.90. The Kier molecular flexibility index (Phi) is 5.30. The second-order valence-corrected chi connectivity index (χ2v) is 7.06. The van der Waals surface area contributed by atoms with E-state index in [-0.39, 0.29) is 6.61 Å². The molecule has 10 heteroatoms. The van der Waals surface area contributed by atoms with E-state index < -0.39 is 24.5 Å². The van der Waals surface area contributed by atoms with E-state index in [4.69, 9.17) is 4.74 Å². The van der Waals surface area contributed by atoms with Gasteiger partial charge in [0.05, 0.1) is 12.9 Å². The van der Waals surface area contributed by atoms with Crippen molar-refractivity contribution in [3.63, 3.8) is 0 Å². The van der Waals surface area contributed by atoms with Gasteiger partial charge in [-0.25, -0.2) is 15.0 Å². The van der Waals surface area contributed by atoms with Crippen LogP contribution in [0.4, 0.5) is 5.82 Å². The van der Waals surface area contributed by atoms with Crippen LogP contribution in [0.2, 0.25) is 0 Å². The van der Waals surface area contributed by atoms with Gasteiger partial charge < -0.3 is 20.1 Å². The Bertz CT molecular complexity index is 806. The van der Waals surface area contributed by atoms with Crippen LogP contribution in [0.3, 0.4) is 0 Å². The first-order chi connectivity index (χ1) is 13.2. The summed E-state index contributed by atoms with van der Waals surface area (Å²) in [5.74, 6) is 0.942. The smallest absolute Gasteiger partial charge is 0.177 e. The number of nitrogens with one attached hydrogen (secondary N) is 1. The highest BCUT2D eigenvalue weighted by atomic mass is 16.6. The molecule has 1 saturated carbocycles. The number of hydrazone groups is 1. The van der Waals surface area contributed by atoms with E-state index in [1.807, 2.05) is 6.21 Å². The molecule has 0 amide bonds. The van der Waals surface area contributed by atoms with Crippen LogP contribution >= 0.6 is 0 Å². The number of ether oxygens (including phenoxy) is 1. The van der Waals surface area contributed by atoms with Crippen molar-refractivity contribution in [3.05, 3.63) is 12.7 Å². The first-order valence-electron chi connectivity index (χ1n) is 9.28. The highest BCUT2D eigenvalue weighted by Gasteiger charge is 2.44. The SMILES string of the molecule is OC[C@H]1O[C@@H](n2cnc3c(N/N=C/C4CCCCC4)ncnc32)[C@H](O)[C@@H]1O. The van der Waals surface area contributed by atoms with Crippen molar-refractivity contribution in [2.45, 2.75) is 56.6 Å². The normalized spacial score (nSPS) is 29.7. The average molecular weight is 376 g/mol. The zero-order valence-corrected chi connectivity index (χ0v) is 14.8. The van der Waals surface area contributed by atoms with E-state index in [9.17, 15) is 15.3 Å². The minimum atomic E-state index is -1.20. The van der Waals surface area contributed by atoms with Crippen molar-refractivity contribution < 1.29 is 20.1 Å². The van der Waals surface area contributed by atoms with Crippen LogP contribution in [0.25, 0.3) is 11.2 Å². The molecule has 1 aliphatic carbocycles. The Morgan fingerprint density at radius 2 is 2.00 bits per heavy atom. The maximum Gasteiger partial charge on any atom is 0.177 e. The fourth-order valence-corrected chi connectivity index (χ4v) is 3.72. The lowest BCUT2D eigenvalue weighted by molar-refractivity contribution is -0.0511. The van der Waals surface area contributed by atoms with Crippen LogP contribution in [0.15, 0.2) is 17.8 Å². The fraction of sp³-hybridized carbons (Fsp3) is 0.647. The standard InChI is InChI=1S/C17H24N6O4/c24-7-11-13(25)14(26)17(27-11)23-9-20-12-15(18-8-19-16(12)23)22-21-6-10-4-2-1-3-5-10/h6,8-11,13-14,17,24-26H,1-5,7H2,(H,18,19,22)/b21-6+/t11-,13-,14-,17-/m1/s1. The fourth-order valence-electron chi connectivity index (χ4n) is 3.72. The van der Waals surface area contributed by atoms with Crippen LogP contribution in [0, 0.1) is 5.92 Å². The Morgan fingerprint density at radius 3 is 2.74 bits per heavy atom. The second kappa shape index (κ2) is 7.85. The van der Waals surface area contributed by atoms with Crippen molar-refractivity contribution in [1.82, 2.24) is 19.5 Å². The highest BCUT2D eigenvalue weighted by molar-refractivity contribution is 5.83. The predicted octanol–water partition coefficient (Wildman–Crippen LogP) is 0.416. The molecule has 0 bridgehead atoms. The number of hydrogen-bond donors (Lipinski definition) is 4. The molecule has 4 N–H and O–H groups in total. The maximum atomic E-state index is 10.2. The van der Waals surface area contributed by atoms with Gasteiger partial charge in [-0.1, -0.05) is 19.3 Å². The average Bonchev–Trinajstić information content (AvgIpc) is 3.25. The highest BCUT2D eigenvalue weighted by Crippen LogP contribution is 2.32. The summed E-state index contributed by atoms with van der Waals surface area (Å²) in [6, 6.07) is 0. The van der Waals surface area contributed by atoms with Gasteiger partial charge in [-0.15, -0.1) is 0 Å². The molecule has 2 fully saturated rings. The largest absolute Gasteiger partial charge is 0.394 e. The summed E-state index contributed by atoms with van der Waals surface area (Å²) >= 11 is 0. The molecule has 146 valence electrons. The van der Waals surface area contributed by atoms with Crippen LogP contribution in [-0.2, 0) is 4.74 Å². The molecule has 0 aromatic carbocycles. The summed E-state index contributed by atoms with van der Waals surface area (Å²) in [5, 5.41) is 33.8. The number of rotatable bonds is 5. The maximum absolute atomic E-state index is 10.2. The topological polar surface area (TPSA) is 138 Å². The monoisotopic (exact) mass is 376 g/mol. The van der Waals surface area contributed by atoms with Crippen molar-refractivity contribution in [3.8, 4) is 0 Å². The van der Waals surface area contributed by atoms with Gasteiger partial charge in [0, 0.05) is 6.21 Å². The molecule has 27 heavy (non-hydrogen) atoms. The van der Waals surface area contributed by atoms with E-state index in [1.54, 1.807) is 0 Å². The Hall–Kier alpha value is -2.14. The van der Waals surface area contributed by atoms with E-state index in [0.717, 1.165) is 12.8 Å². The summed E-state index contributed by atoms with van der Waals surface area (Å²) < 4.78 is 7.07. The van der Waals surface area contributed by atoms with Gasteiger partial charge in [0.25, 0.3) is 0 Å². The van der Waals surface area contributed by atoms with Crippen LogP contribution in [-0.4, -0.2) is 66.0 Å². The number of hydrogen-bond acceptors (Lipinski definition) is 9. The predicted molar refractivity (Wildman–Crippen MR) is 97.0 cm³/mol. The molecular formula is C17H24N6O4. The van der Waals surface area contributed by atoms with E-state index in [1.165, 1.54) is 36.5 Å². The molecule has 1 aliphatic heterocycles. The minimum absolute atomic E-state index is 0.390. The first-order valence-corrected chi connectivity index (χ1v) is 9.28. The first kappa shape index (κ1) is 18.2. The minimum Gasteiger partial charge on any atom is -0.394 e. The van der Waals surface area contributed by atoms with Gasteiger partial charge in [-0.2, -0.15) is 5.10 Å². The molecule has 10 nitrogen and oxygen atoms in total. The molecule has 2 aromatic heterocycles. The molecule has 0 spiro atoms. The van der Waals surface area contributed by atoms with E-state index in [2.05, 4.69) is 25.5 Å². The van der Waals surface area contributed by atoms with Gasteiger partial charge in [0.15, 0.2) is 23.2 Å². The molecular weight excluding hydrogens is 352 g/mol. The van der Waals surface area contributed by atoms with Crippen LogP contribution < -0.4 is 5.43 Å². The van der Waals surface area contributed by atoms with Gasteiger partial charge in [-0.3, -0.25) is 9.99 Å². The zero-order chi connectivity index (χ0) is 18.8. The number of aromatic nitrogens is 4. The molecule has 3 heterocycles. The Labute approximate surface area is 155 Å². The third kappa shape index (κ3) is 3.53. The second-order valence-electron chi connectivity index (χ2n) is 7.06. The number of anilines is 1. The number of nitrogens with zero attached hydrogens (tertiary/aromatic N) is 5. The summed E-state index contributed by atoms with van der Waals surface area (Å²) in [6.45, 7) is -0.390. The van der Waals surface area contributed by atoms with Gasteiger partial charge >= 0.3 is 0 Å². The Balaban J connectivity index is 1.54. The Morgan fingerprint density at radius 1 is 1.19 bits per heavy atom. The molecule has 4 atom stereocenters. The summed E-state index contributed by atoms with van der Waals surface area (Å²) in [7, 11) is 0. The van der Waals surface area contributed by atoms with E-state index in [0.29, 0.717) is 22.9 Å². The molecule has 0 unspecified atom stereocenters. The van der Waals surface area contributed by atoms with Gasteiger partial charge in [0.2, 0.25) is 0 Å². The van der Waals surface area contributed by atoms with Crippen molar-refractivity contribution in [1.29, 1.82) is 0 Å². The van der Waals surface area contributed by atoms with Crippen molar-refractivity contribution >= 4 is 23.2 Å². The molecule has 2 aliphatic rings. The lowest BCUT2D eigenvalue weighted by Gasteiger charge is -2.17. The molecule has 1 saturated heterocycles. The summed E-state index contributed by atoms with van der Waals surface area (Å²) in [5.41, 5.74) is 3.85. The quantitative estimate of drug-likeness (QED) is 0.435. The molecule has 4 rings (SSSR count). The van der Waals surface area contributed by atoms with Gasteiger partial charge in [0.1, 0.15) is 24.6 Å². The molecule has 0 radical (unpaired) electrons. The van der Waals surface area contributed by atoms with E-state index >= 15 is 0 Å². The van der Waals surface area contributed by atoms with Gasteiger partial charge in [-0.05, 0) is 18.8 Å². The number of aliphatic hydroxyl groups is 3. The summed E-state index contributed by atoms with van der Waals surface area (Å²) in [6.07, 6.45) is 6.72. The van der Waals surface area contributed by atoms with Crippen molar-refractivity contribution in [2.75, 3.05) is 12.0 Å². The molecule has 2 aromatic rings.